The van der Waals surface area contributed by atoms with Crippen LogP contribution in [0, 0.1) is 5.92 Å². The zero-order valence-electron chi connectivity index (χ0n) is 17.8. The molecule has 2 aliphatic rings. The van der Waals surface area contributed by atoms with E-state index in [1.165, 1.54) is 21.2 Å². The average Bonchev–Trinajstić information content (AvgIpc) is 2.77. The van der Waals surface area contributed by atoms with Crippen molar-refractivity contribution in [2.75, 3.05) is 44.3 Å². The van der Waals surface area contributed by atoms with E-state index < -0.39 is 0 Å². The molecule has 0 saturated carbocycles. The Kier molecular flexibility index (Phi) is 6.97. The number of fused-ring (bicyclic) bond motifs is 2. The van der Waals surface area contributed by atoms with Gasteiger partial charge in [-0.3, -0.25) is 9.69 Å². The van der Waals surface area contributed by atoms with Gasteiger partial charge in [0.25, 0.3) is 0 Å². The van der Waals surface area contributed by atoms with Crippen molar-refractivity contribution < 1.29 is 9.53 Å². The molecule has 2 aromatic carbocycles. The van der Waals surface area contributed by atoms with Crippen molar-refractivity contribution in [3.63, 3.8) is 0 Å². The van der Waals surface area contributed by atoms with E-state index in [2.05, 4.69) is 77.5 Å². The molecule has 0 aromatic heterocycles. The molecule has 0 spiro atoms. The Morgan fingerprint density at radius 2 is 1.63 bits per heavy atom. The molecule has 2 aliphatic heterocycles. The van der Waals surface area contributed by atoms with Gasteiger partial charge in [0, 0.05) is 48.4 Å². The van der Waals surface area contributed by atoms with Gasteiger partial charge in [-0.15, -0.1) is 0 Å². The second kappa shape index (κ2) is 9.86. The molecule has 1 saturated heterocycles. The fraction of sp³-hybridized carbons (Fsp3) is 0.458. The van der Waals surface area contributed by atoms with E-state index in [4.69, 9.17) is 4.74 Å². The van der Waals surface area contributed by atoms with E-state index >= 15 is 0 Å². The molecule has 4 rings (SSSR count). The Balaban J connectivity index is 1.38. The predicted molar refractivity (Wildman–Crippen MR) is 123 cm³/mol. The Hall–Kier alpha value is -2.02. The molecule has 1 fully saturated rings. The van der Waals surface area contributed by atoms with Gasteiger partial charge in [0.2, 0.25) is 5.91 Å². The lowest BCUT2D eigenvalue weighted by Crippen LogP contribution is -2.51. The summed E-state index contributed by atoms with van der Waals surface area (Å²) in [6, 6.07) is 17.2. The van der Waals surface area contributed by atoms with Crippen LogP contribution in [0.25, 0.3) is 0 Å². The summed E-state index contributed by atoms with van der Waals surface area (Å²) in [5.41, 5.74) is 2.37. The number of nitrogens with one attached hydrogen (secondary N) is 1. The molecule has 1 unspecified atom stereocenters. The highest BCUT2D eigenvalue weighted by molar-refractivity contribution is 7.99. The van der Waals surface area contributed by atoms with Gasteiger partial charge >= 0.3 is 0 Å². The molecule has 1 amide bonds. The van der Waals surface area contributed by atoms with E-state index in [9.17, 15) is 4.79 Å². The summed E-state index contributed by atoms with van der Waals surface area (Å²) in [5, 5.41) is 3.20. The number of rotatable bonds is 7. The minimum atomic E-state index is 0.113. The first kappa shape index (κ1) is 21.2. The first-order valence-corrected chi connectivity index (χ1v) is 11.7. The molecule has 1 N–H and O–H groups in total. The third-order valence-electron chi connectivity index (χ3n) is 5.89. The van der Waals surface area contributed by atoms with Crippen LogP contribution in [0.15, 0.2) is 58.3 Å². The van der Waals surface area contributed by atoms with Crippen LogP contribution in [0.3, 0.4) is 0 Å². The van der Waals surface area contributed by atoms with E-state index in [1.807, 2.05) is 0 Å². The van der Waals surface area contributed by atoms with Crippen LogP contribution in [0.2, 0.25) is 0 Å². The van der Waals surface area contributed by atoms with Gasteiger partial charge in [-0.05, 0) is 30.2 Å². The highest BCUT2D eigenvalue weighted by atomic mass is 32.2. The number of ether oxygens (including phenoxy) is 1. The normalized spacial score (nSPS) is 17.4. The predicted octanol–water partition coefficient (Wildman–Crippen LogP) is 4.15. The highest BCUT2D eigenvalue weighted by Crippen LogP contribution is 2.47. The molecule has 2 aromatic rings. The number of para-hydroxylation sites is 2. The van der Waals surface area contributed by atoms with Crippen molar-refractivity contribution in [2.45, 2.75) is 36.1 Å². The molecule has 6 heteroatoms. The smallest absolute Gasteiger partial charge is 0.221 e. The Bertz CT molecular complexity index is 822. The summed E-state index contributed by atoms with van der Waals surface area (Å²) >= 11 is 1.80. The minimum absolute atomic E-state index is 0.113. The average molecular weight is 426 g/mol. The molecule has 5 nitrogen and oxygen atoms in total. The molecule has 0 radical (unpaired) electrons. The summed E-state index contributed by atoms with van der Waals surface area (Å²) in [6.07, 6.45) is 0.473. The lowest BCUT2D eigenvalue weighted by atomic mass is 10.0. The van der Waals surface area contributed by atoms with Crippen molar-refractivity contribution in [1.82, 2.24) is 10.2 Å². The first-order chi connectivity index (χ1) is 14.6. The highest BCUT2D eigenvalue weighted by Gasteiger charge is 2.25. The van der Waals surface area contributed by atoms with Gasteiger partial charge in [0.05, 0.1) is 24.6 Å². The largest absolute Gasteiger partial charge is 0.379 e. The van der Waals surface area contributed by atoms with E-state index in [0.29, 0.717) is 31.5 Å². The zero-order chi connectivity index (χ0) is 20.9. The van der Waals surface area contributed by atoms with E-state index in [0.717, 1.165) is 26.3 Å². The number of carbonyl (C=O) groups excluding carboxylic acids is 1. The molecule has 0 bridgehead atoms. The number of hydrogen-bond donors (Lipinski definition) is 1. The second-order valence-electron chi connectivity index (χ2n) is 8.20. The van der Waals surface area contributed by atoms with Crippen LogP contribution < -0.4 is 10.2 Å². The van der Waals surface area contributed by atoms with E-state index in [1.54, 1.807) is 11.8 Å². The maximum absolute atomic E-state index is 12.7. The summed E-state index contributed by atoms with van der Waals surface area (Å²) in [7, 11) is 0. The molecule has 30 heavy (non-hydrogen) atoms. The van der Waals surface area contributed by atoms with Crippen molar-refractivity contribution in [3.05, 3.63) is 48.5 Å². The van der Waals surface area contributed by atoms with Crippen molar-refractivity contribution in [3.8, 4) is 0 Å². The minimum Gasteiger partial charge on any atom is -0.379 e. The summed E-state index contributed by atoms with van der Waals surface area (Å²) in [5.74, 6) is 0.600. The summed E-state index contributed by atoms with van der Waals surface area (Å²) in [6.45, 7) is 9.27. The van der Waals surface area contributed by atoms with Crippen LogP contribution in [-0.2, 0) is 9.53 Å². The van der Waals surface area contributed by atoms with Gasteiger partial charge in [-0.1, -0.05) is 49.9 Å². The fourth-order valence-electron chi connectivity index (χ4n) is 4.24. The lowest BCUT2D eigenvalue weighted by molar-refractivity contribution is -0.121. The van der Waals surface area contributed by atoms with Crippen molar-refractivity contribution in [2.24, 2.45) is 5.92 Å². The van der Waals surface area contributed by atoms with Crippen LogP contribution in [-0.4, -0.2) is 56.2 Å². The second-order valence-corrected chi connectivity index (χ2v) is 9.29. The van der Waals surface area contributed by atoms with Crippen molar-refractivity contribution in [1.29, 1.82) is 0 Å². The molecule has 2 heterocycles. The fourth-order valence-corrected chi connectivity index (χ4v) is 5.33. The molecule has 0 aliphatic carbocycles. The third kappa shape index (κ3) is 4.82. The molecular weight excluding hydrogens is 394 g/mol. The monoisotopic (exact) mass is 425 g/mol. The van der Waals surface area contributed by atoms with Crippen LogP contribution in [0.5, 0.6) is 0 Å². The SMILES string of the molecule is CC(C)C(CNC(=O)CCN1c2ccccc2Sc2ccccc21)N1CCOCC1. The van der Waals surface area contributed by atoms with Crippen LogP contribution in [0.4, 0.5) is 11.4 Å². The zero-order valence-corrected chi connectivity index (χ0v) is 18.7. The maximum atomic E-state index is 12.7. The number of hydrogen-bond acceptors (Lipinski definition) is 5. The van der Waals surface area contributed by atoms with Gasteiger partial charge in [-0.25, -0.2) is 0 Å². The summed E-state index contributed by atoms with van der Waals surface area (Å²) in [4.78, 5) is 19.9. The molecule has 1 atom stereocenters. The van der Waals surface area contributed by atoms with Gasteiger partial charge in [-0.2, -0.15) is 0 Å². The number of morpholine rings is 1. The standard InChI is InChI=1S/C24H31N3O2S/c1-18(2)21(26-13-15-29-16-14-26)17-25-24(28)11-12-27-19-7-3-5-9-22(19)30-23-10-6-4-8-20(23)27/h3-10,18,21H,11-17H2,1-2H3,(H,25,28). The quantitative estimate of drug-likeness (QED) is 0.722. The molecular formula is C24H31N3O2S. The number of carbonyl (C=O) groups is 1. The van der Waals surface area contributed by atoms with Crippen LogP contribution >= 0.6 is 11.8 Å². The molecule has 160 valence electrons. The first-order valence-electron chi connectivity index (χ1n) is 10.9. The Morgan fingerprint density at radius 1 is 1.03 bits per heavy atom. The third-order valence-corrected chi connectivity index (χ3v) is 7.02. The maximum Gasteiger partial charge on any atom is 0.221 e. The topological polar surface area (TPSA) is 44.8 Å². The van der Waals surface area contributed by atoms with Gasteiger partial charge in [0.1, 0.15) is 0 Å². The van der Waals surface area contributed by atoms with Gasteiger partial charge < -0.3 is 15.0 Å². The number of anilines is 2. The van der Waals surface area contributed by atoms with Gasteiger partial charge in [0.15, 0.2) is 0 Å². The summed E-state index contributed by atoms with van der Waals surface area (Å²) < 4.78 is 5.48. The van der Waals surface area contributed by atoms with Crippen LogP contribution in [0.1, 0.15) is 20.3 Å². The number of benzene rings is 2. The number of amides is 1. The Labute approximate surface area is 183 Å². The Morgan fingerprint density at radius 3 is 2.23 bits per heavy atom. The van der Waals surface area contributed by atoms with E-state index in [-0.39, 0.29) is 5.91 Å². The van der Waals surface area contributed by atoms with Crippen molar-refractivity contribution >= 4 is 29.0 Å². The number of nitrogens with zero attached hydrogens (tertiary/aromatic N) is 2. The lowest BCUT2D eigenvalue weighted by Gasteiger charge is -2.37.